The van der Waals surface area contributed by atoms with Gasteiger partial charge >= 0.3 is 0 Å². The van der Waals surface area contributed by atoms with Crippen molar-refractivity contribution < 1.29 is 14.3 Å². The molecule has 2 aromatic carbocycles. The molecule has 8 nitrogen and oxygen atoms in total. The first-order chi connectivity index (χ1) is 15.7. The Hall–Kier alpha value is -3.85. The quantitative estimate of drug-likeness (QED) is 0.407. The normalized spacial score (nSPS) is 10.6. The van der Waals surface area contributed by atoms with Gasteiger partial charge in [0.1, 0.15) is 11.5 Å². The van der Waals surface area contributed by atoms with Crippen molar-refractivity contribution >= 4 is 23.4 Å². The number of carbonyl (C=O) groups excluding carboxylic acids is 1. The summed E-state index contributed by atoms with van der Waals surface area (Å²) in [6, 6.07) is 18.8. The van der Waals surface area contributed by atoms with Crippen molar-refractivity contribution in [2.75, 3.05) is 25.3 Å². The second kappa shape index (κ2) is 9.97. The smallest absolute Gasteiger partial charge is 0.234 e. The Morgan fingerprint density at radius 2 is 1.78 bits per heavy atom. The summed E-state index contributed by atoms with van der Waals surface area (Å²) in [6.07, 6.45) is 3.42. The highest BCUT2D eigenvalue weighted by atomic mass is 32.2. The van der Waals surface area contributed by atoms with E-state index in [0.717, 1.165) is 11.3 Å². The lowest BCUT2D eigenvalue weighted by Gasteiger charge is -2.12. The third-order valence-electron chi connectivity index (χ3n) is 4.60. The zero-order valence-electron chi connectivity index (χ0n) is 17.6. The van der Waals surface area contributed by atoms with Crippen LogP contribution < -0.4 is 14.8 Å². The highest BCUT2D eigenvalue weighted by Crippen LogP contribution is 2.30. The molecule has 1 N–H and O–H groups in total. The average molecular weight is 448 g/mol. The Bertz CT molecular complexity index is 1200. The van der Waals surface area contributed by atoms with Crippen LogP contribution in [-0.4, -0.2) is 45.6 Å². The van der Waals surface area contributed by atoms with Gasteiger partial charge in [-0.15, -0.1) is 10.2 Å². The minimum absolute atomic E-state index is 0.141. The number of hydrogen-bond acceptors (Lipinski definition) is 7. The molecule has 32 heavy (non-hydrogen) atoms. The van der Waals surface area contributed by atoms with Crippen molar-refractivity contribution in [1.29, 1.82) is 0 Å². The molecule has 0 saturated carbocycles. The maximum atomic E-state index is 12.7. The van der Waals surface area contributed by atoms with Crippen LogP contribution in [0.4, 0.5) is 5.69 Å². The van der Waals surface area contributed by atoms with Gasteiger partial charge in [-0.1, -0.05) is 30.0 Å². The van der Waals surface area contributed by atoms with Crippen molar-refractivity contribution in [2.45, 2.75) is 5.16 Å². The minimum Gasteiger partial charge on any atom is -0.497 e. The second-order valence-electron chi connectivity index (χ2n) is 6.62. The number of ether oxygens (including phenoxy) is 2. The van der Waals surface area contributed by atoms with E-state index in [1.165, 1.54) is 11.8 Å². The van der Waals surface area contributed by atoms with Crippen molar-refractivity contribution in [3.63, 3.8) is 0 Å². The molecular formula is C23H21N5O3S. The van der Waals surface area contributed by atoms with Crippen LogP contribution >= 0.6 is 11.8 Å². The number of hydrogen-bond donors (Lipinski definition) is 1. The summed E-state index contributed by atoms with van der Waals surface area (Å²) in [4.78, 5) is 16.8. The number of benzene rings is 2. The molecule has 0 atom stereocenters. The molecule has 0 unspecified atom stereocenters. The Morgan fingerprint density at radius 1 is 1.00 bits per heavy atom. The molecule has 162 valence electrons. The van der Waals surface area contributed by atoms with E-state index in [-0.39, 0.29) is 11.7 Å². The number of nitrogens with zero attached hydrogens (tertiary/aromatic N) is 4. The summed E-state index contributed by atoms with van der Waals surface area (Å²) >= 11 is 1.30. The minimum atomic E-state index is -0.199. The average Bonchev–Trinajstić information content (AvgIpc) is 3.28. The summed E-state index contributed by atoms with van der Waals surface area (Å²) < 4.78 is 12.5. The summed E-state index contributed by atoms with van der Waals surface area (Å²) in [5, 5.41) is 12.2. The van der Waals surface area contributed by atoms with Gasteiger partial charge in [-0.3, -0.25) is 14.3 Å². The largest absolute Gasteiger partial charge is 0.497 e. The lowest BCUT2D eigenvalue weighted by atomic mass is 10.2. The first-order valence-corrected chi connectivity index (χ1v) is 10.7. The predicted molar refractivity (Wildman–Crippen MR) is 123 cm³/mol. The van der Waals surface area contributed by atoms with Crippen LogP contribution in [0.5, 0.6) is 11.5 Å². The maximum absolute atomic E-state index is 12.7. The molecule has 4 rings (SSSR count). The highest BCUT2D eigenvalue weighted by Gasteiger charge is 2.18. The molecule has 0 spiro atoms. The molecule has 0 fully saturated rings. The lowest BCUT2D eigenvalue weighted by Crippen LogP contribution is -2.15. The van der Waals surface area contributed by atoms with Crippen LogP contribution in [0.3, 0.4) is 0 Å². The van der Waals surface area contributed by atoms with E-state index in [1.54, 1.807) is 44.8 Å². The van der Waals surface area contributed by atoms with Gasteiger partial charge in [-0.2, -0.15) is 0 Å². The van der Waals surface area contributed by atoms with Crippen molar-refractivity contribution in [2.24, 2.45) is 0 Å². The molecular weight excluding hydrogens is 426 g/mol. The number of rotatable bonds is 8. The number of pyridine rings is 1. The highest BCUT2D eigenvalue weighted by molar-refractivity contribution is 7.99. The van der Waals surface area contributed by atoms with Gasteiger partial charge in [-0.05, 0) is 36.4 Å². The predicted octanol–water partition coefficient (Wildman–Crippen LogP) is 4.08. The van der Waals surface area contributed by atoms with Gasteiger partial charge < -0.3 is 14.8 Å². The van der Waals surface area contributed by atoms with Crippen molar-refractivity contribution in [1.82, 2.24) is 19.7 Å². The SMILES string of the molecule is COc1ccc(OC)c(NC(=O)CSc2nnc(-c3ccncc3)n2-c2ccccc2)c1. The van der Waals surface area contributed by atoms with Gasteiger partial charge in [0.05, 0.1) is 25.7 Å². The van der Waals surface area contributed by atoms with E-state index in [1.807, 2.05) is 47.0 Å². The number of para-hydroxylation sites is 1. The fraction of sp³-hybridized carbons (Fsp3) is 0.130. The van der Waals surface area contributed by atoms with Crippen molar-refractivity contribution in [3.8, 4) is 28.6 Å². The van der Waals surface area contributed by atoms with Gasteiger partial charge in [0.15, 0.2) is 11.0 Å². The number of methoxy groups -OCH3 is 2. The zero-order valence-corrected chi connectivity index (χ0v) is 18.4. The molecule has 2 aromatic heterocycles. The van der Waals surface area contributed by atoms with Gasteiger partial charge in [-0.25, -0.2) is 0 Å². The molecule has 0 bridgehead atoms. The number of anilines is 1. The third kappa shape index (κ3) is 4.73. The Morgan fingerprint density at radius 3 is 2.50 bits per heavy atom. The third-order valence-corrected chi connectivity index (χ3v) is 5.53. The summed E-state index contributed by atoms with van der Waals surface area (Å²) in [6.45, 7) is 0. The van der Waals surface area contributed by atoms with Crippen LogP contribution in [0.15, 0.2) is 78.2 Å². The van der Waals surface area contributed by atoms with Crippen LogP contribution in [0.1, 0.15) is 0 Å². The first-order valence-electron chi connectivity index (χ1n) is 9.75. The topological polar surface area (TPSA) is 91.2 Å². The standard InChI is InChI=1S/C23H21N5O3S/c1-30-18-8-9-20(31-2)19(14-18)25-21(29)15-32-23-27-26-22(16-10-12-24-13-11-16)28(23)17-6-4-3-5-7-17/h3-14H,15H2,1-2H3,(H,25,29). The maximum Gasteiger partial charge on any atom is 0.234 e. The van der Waals surface area contributed by atoms with E-state index in [4.69, 9.17) is 9.47 Å². The molecule has 0 radical (unpaired) electrons. The van der Waals surface area contributed by atoms with Crippen LogP contribution in [0.2, 0.25) is 0 Å². The summed E-state index contributed by atoms with van der Waals surface area (Å²) in [7, 11) is 3.12. The van der Waals surface area contributed by atoms with Crippen molar-refractivity contribution in [3.05, 3.63) is 73.1 Å². The lowest BCUT2D eigenvalue weighted by molar-refractivity contribution is -0.113. The number of nitrogens with one attached hydrogen (secondary N) is 1. The van der Waals surface area contributed by atoms with Crippen LogP contribution in [-0.2, 0) is 4.79 Å². The van der Waals surface area contributed by atoms with Gasteiger partial charge in [0.2, 0.25) is 5.91 Å². The Balaban J connectivity index is 1.56. The fourth-order valence-electron chi connectivity index (χ4n) is 3.09. The number of amides is 1. The number of carbonyl (C=O) groups is 1. The molecule has 0 aliphatic heterocycles. The van der Waals surface area contributed by atoms with E-state index >= 15 is 0 Å². The monoisotopic (exact) mass is 447 g/mol. The van der Waals surface area contributed by atoms with E-state index in [9.17, 15) is 4.79 Å². The van der Waals surface area contributed by atoms with E-state index in [0.29, 0.717) is 28.2 Å². The molecule has 9 heteroatoms. The van der Waals surface area contributed by atoms with Gasteiger partial charge in [0.25, 0.3) is 0 Å². The molecule has 4 aromatic rings. The summed E-state index contributed by atoms with van der Waals surface area (Å²) in [5.74, 6) is 1.79. The Kier molecular flexibility index (Phi) is 6.66. The summed E-state index contributed by atoms with van der Waals surface area (Å²) in [5.41, 5.74) is 2.33. The van der Waals surface area contributed by atoms with Crippen LogP contribution in [0.25, 0.3) is 17.1 Å². The second-order valence-corrected chi connectivity index (χ2v) is 7.56. The van der Waals surface area contributed by atoms with Crippen LogP contribution in [0, 0.1) is 0 Å². The zero-order chi connectivity index (χ0) is 22.3. The molecule has 0 aliphatic rings. The number of aromatic nitrogens is 4. The van der Waals surface area contributed by atoms with Gasteiger partial charge in [0, 0.05) is 29.7 Å². The first kappa shape index (κ1) is 21.4. The molecule has 0 saturated heterocycles. The Labute approximate surface area is 189 Å². The van der Waals surface area contributed by atoms with E-state index < -0.39 is 0 Å². The van der Waals surface area contributed by atoms with E-state index in [2.05, 4.69) is 20.5 Å². The number of thioether (sulfide) groups is 1. The molecule has 1 amide bonds. The molecule has 2 heterocycles. The molecule has 0 aliphatic carbocycles. The fourth-order valence-corrected chi connectivity index (χ4v) is 3.84.